The fourth-order valence-corrected chi connectivity index (χ4v) is 3.20. The second-order valence-electron chi connectivity index (χ2n) is 6.20. The van der Waals surface area contributed by atoms with E-state index in [-0.39, 0.29) is 5.91 Å². The van der Waals surface area contributed by atoms with Crippen LogP contribution in [0, 0.1) is 5.92 Å². The molecule has 0 radical (unpaired) electrons. The summed E-state index contributed by atoms with van der Waals surface area (Å²) in [5, 5.41) is 3.94. The van der Waals surface area contributed by atoms with Gasteiger partial charge in [-0.05, 0) is 37.4 Å². The minimum absolute atomic E-state index is 0.114. The Bertz CT molecular complexity index is 478. The molecule has 2 atom stereocenters. The van der Waals surface area contributed by atoms with Crippen LogP contribution in [0.2, 0.25) is 5.02 Å². The highest BCUT2D eigenvalue weighted by molar-refractivity contribution is 6.31. The second kappa shape index (κ2) is 7.81. The zero-order valence-corrected chi connectivity index (χ0v) is 13.7. The summed E-state index contributed by atoms with van der Waals surface area (Å²) < 4.78 is 0. The van der Waals surface area contributed by atoms with Gasteiger partial charge in [0.25, 0.3) is 0 Å². The minimum atomic E-state index is 0.114. The molecule has 1 saturated carbocycles. The third-order valence-corrected chi connectivity index (χ3v) is 4.64. The Hall–Kier alpha value is -1.06. The van der Waals surface area contributed by atoms with E-state index in [1.807, 2.05) is 36.2 Å². The number of amides is 1. The lowest BCUT2D eigenvalue weighted by Gasteiger charge is -2.30. The van der Waals surface area contributed by atoms with E-state index in [4.69, 9.17) is 11.6 Å². The maximum atomic E-state index is 12.2. The van der Waals surface area contributed by atoms with Gasteiger partial charge in [0, 0.05) is 17.6 Å². The van der Waals surface area contributed by atoms with Crippen molar-refractivity contribution >= 4 is 17.5 Å². The van der Waals surface area contributed by atoms with E-state index in [1.165, 1.54) is 19.3 Å². The molecular weight excluding hydrogens is 284 g/mol. The summed E-state index contributed by atoms with van der Waals surface area (Å²) in [5.41, 5.74) is 1.06. The van der Waals surface area contributed by atoms with Crippen LogP contribution in [-0.4, -0.2) is 30.4 Å². The topological polar surface area (TPSA) is 32.3 Å². The fraction of sp³-hybridized carbons (Fsp3) is 0.588. The molecule has 21 heavy (non-hydrogen) atoms. The summed E-state index contributed by atoms with van der Waals surface area (Å²) in [4.78, 5) is 14.2. The van der Waals surface area contributed by atoms with Crippen molar-refractivity contribution in [3.63, 3.8) is 0 Å². The van der Waals surface area contributed by atoms with Crippen LogP contribution in [0.1, 0.15) is 38.2 Å². The Balaban J connectivity index is 1.80. The zero-order valence-electron chi connectivity index (χ0n) is 12.9. The average molecular weight is 309 g/mol. The first kappa shape index (κ1) is 16.3. The molecule has 4 heteroatoms. The highest BCUT2D eigenvalue weighted by atomic mass is 35.5. The monoisotopic (exact) mass is 308 g/mol. The summed E-state index contributed by atoms with van der Waals surface area (Å²) in [6.45, 7) is 3.33. The third kappa shape index (κ3) is 5.01. The van der Waals surface area contributed by atoms with Gasteiger partial charge < -0.3 is 5.32 Å². The molecule has 0 aromatic heterocycles. The Morgan fingerprint density at radius 1 is 1.33 bits per heavy atom. The first-order valence-corrected chi connectivity index (χ1v) is 8.15. The summed E-state index contributed by atoms with van der Waals surface area (Å²) >= 11 is 6.15. The molecular formula is C17H25ClN2O. The molecule has 1 aliphatic carbocycles. The molecule has 0 bridgehead atoms. The van der Waals surface area contributed by atoms with Crippen molar-refractivity contribution in [3.8, 4) is 0 Å². The average Bonchev–Trinajstić information content (AvgIpc) is 2.44. The van der Waals surface area contributed by atoms with Gasteiger partial charge in [0.2, 0.25) is 5.91 Å². The van der Waals surface area contributed by atoms with Crippen molar-refractivity contribution in [2.45, 2.75) is 45.2 Å². The maximum Gasteiger partial charge on any atom is 0.234 e. The number of benzene rings is 1. The number of nitrogens with zero attached hydrogens (tertiary/aromatic N) is 1. The Labute approximate surface area is 132 Å². The van der Waals surface area contributed by atoms with Crippen LogP contribution in [0.5, 0.6) is 0 Å². The molecule has 3 nitrogen and oxygen atoms in total. The molecule has 1 aromatic carbocycles. The van der Waals surface area contributed by atoms with Crippen LogP contribution in [0.3, 0.4) is 0 Å². The standard InChI is InChI=1S/C17H25ClN2O/c1-13-7-3-6-10-16(13)19-17(21)12-20(2)11-14-8-4-5-9-15(14)18/h4-5,8-9,13,16H,3,6-7,10-12H2,1-2H3,(H,19,21)/t13-,16+/m0/s1. The Morgan fingerprint density at radius 2 is 2.05 bits per heavy atom. The van der Waals surface area contributed by atoms with Crippen molar-refractivity contribution in [2.24, 2.45) is 5.92 Å². The Morgan fingerprint density at radius 3 is 2.76 bits per heavy atom. The molecule has 0 heterocycles. The van der Waals surface area contributed by atoms with Gasteiger partial charge in [-0.1, -0.05) is 49.6 Å². The predicted molar refractivity (Wildman–Crippen MR) is 87.3 cm³/mol. The van der Waals surface area contributed by atoms with Crippen LogP contribution in [0.15, 0.2) is 24.3 Å². The molecule has 1 aromatic rings. The first-order valence-electron chi connectivity index (χ1n) is 7.77. The SMILES string of the molecule is C[C@H]1CCCC[C@H]1NC(=O)CN(C)Cc1ccccc1Cl. The van der Waals surface area contributed by atoms with Crippen molar-refractivity contribution in [3.05, 3.63) is 34.9 Å². The minimum Gasteiger partial charge on any atom is -0.352 e. The van der Waals surface area contributed by atoms with Crippen molar-refractivity contribution in [1.29, 1.82) is 0 Å². The van der Waals surface area contributed by atoms with Gasteiger partial charge in [-0.3, -0.25) is 9.69 Å². The van der Waals surface area contributed by atoms with Gasteiger partial charge in [-0.2, -0.15) is 0 Å². The number of halogens is 1. The molecule has 1 N–H and O–H groups in total. The molecule has 0 spiro atoms. The van der Waals surface area contributed by atoms with Crippen molar-refractivity contribution in [2.75, 3.05) is 13.6 Å². The number of carbonyl (C=O) groups excluding carboxylic acids is 1. The summed E-state index contributed by atoms with van der Waals surface area (Å²) in [6.07, 6.45) is 4.85. The molecule has 1 fully saturated rings. The van der Waals surface area contributed by atoms with Crippen molar-refractivity contribution in [1.82, 2.24) is 10.2 Å². The highest BCUT2D eigenvalue weighted by Gasteiger charge is 2.23. The van der Waals surface area contributed by atoms with Gasteiger partial charge in [-0.25, -0.2) is 0 Å². The molecule has 1 aliphatic rings. The van der Waals surface area contributed by atoms with E-state index in [0.717, 1.165) is 17.0 Å². The van der Waals surface area contributed by atoms with E-state index in [9.17, 15) is 4.79 Å². The van der Waals surface area contributed by atoms with Gasteiger partial charge in [0.05, 0.1) is 6.54 Å². The van der Waals surface area contributed by atoms with E-state index < -0.39 is 0 Å². The third-order valence-electron chi connectivity index (χ3n) is 4.27. The van der Waals surface area contributed by atoms with Crippen LogP contribution in [0.25, 0.3) is 0 Å². The van der Waals surface area contributed by atoms with Gasteiger partial charge in [-0.15, -0.1) is 0 Å². The number of nitrogens with one attached hydrogen (secondary N) is 1. The smallest absolute Gasteiger partial charge is 0.234 e. The van der Waals surface area contributed by atoms with Gasteiger partial charge in [0.1, 0.15) is 0 Å². The van der Waals surface area contributed by atoms with Crippen LogP contribution in [0.4, 0.5) is 0 Å². The number of rotatable bonds is 5. The first-order chi connectivity index (χ1) is 10.1. The van der Waals surface area contributed by atoms with E-state index in [1.54, 1.807) is 0 Å². The zero-order chi connectivity index (χ0) is 15.2. The number of carbonyl (C=O) groups is 1. The predicted octanol–water partition coefficient (Wildman–Crippen LogP) is 3.47. The van der Waals surface area contributed by atoms with Gasteiger partial charge in [0.15, 0.2) is 0 Å². The maximum absolute atomic E-state index is 12.2. The molecule has 0 saturated heterocycles. The molecule has 116 valence electrons. The Kier molecular flexibility index (Phi) is 6.07. The molecule has 0 aliphatic heterocycles. The van der Waals surface area contributed by atoms with E-state index in [2.05, 4.69) is 12.2 Å². The number of hydrogen-bond acceptors (Lipinski definition) is 2. The molecule has 2 rings (SSSR count). The lowest BCUT2D eigenvalue weighted by molar-refractivity contribution is -0.123. The molecule has 0 unspecified atom stereocenters. The fourth-order valence-electron chi connectivity index (χ4n) is 3.00. The molecule has 1 amide bonds. The van der Waals surface area contributed by atoms with Gasteiger partial charge >= 0.3 is 0 Å². The quantitative estimate of drug-likeness (QED) is 0.903. The summed E-state index contributed by atoms with van der Waals surface area (Å²) in [5.74, 6) is 0.708. The van der Waals surface area contributed by atoms with E-state index >= 15 is 0 Å². The summed E-state index contributed by atoms with van der Waals surface area (Å²) in [6, 6.07) is 8.12. The van der Waals surface area contributed by atoms with E-state index in [0.29, 0.717) is 25.0 Å². The van der Waals surface area contributed by atoms with Crippen molar-refractivity contribution < 1.29 is 4.79 Å². The number of hydrogen-bond donors (Lipinski definition) is 1. The van der Waals surface area contributed by atoms with Crippen LogP contribution < -0.4 is 5.32 Å². The number of likely N-dealkylation sites (N-methyl/N-ethyl adjacent to an activating group) is 1. The van der Waals surface area contributed by atoms with Crippen LogP contribution >= 0.6 is 11.6 Å². The lowest BCUT2D eigenvalue weighted by Crippen LogP contribution is -2.44. The normalized spacial score (nSPS) is 22.3. The lowest BCUT2D eigenvalue weighted by atomic mass is 9.86. The largest absolute Gasteiger partial charge is 0.352 e. The second-order valence-corrected chi connectivity index (χ2v) is 6.61. The summed E-state index contributed by atoms with van der Waals surface area (Å²) in [7, 11) is 1.95. The van der Waals surface area contributed by atoms with Crippen LogP contribution in [-0.2, 0) is 11.3 Å². The highest BCUT2D eigenvalue weighted by Crippen LogP contribution is 2.23.